The molecule has 0 spiro atoms. The number of sulfonamides is 1. The smallest absolute Gasteiger partial charge is 0.250 e. The van der Waals surface area contributed by atoms with E-state index in [9.17, 15) is 13.2 Å². The van der Waals surface area contributed by atoms with Crippen LogP contribution in [0.4, 0.5) is 0 Å². The number of rotatable bonds is 4. The van der Waals surface area contributed by atoms with Crippen LogP contribution in [0, 0.1) is 5.92 Å². The van der Waals surface area contributed by atoms with Crippen LogP contribution < -0.4 is 5.56 Å². The minimum atomic E-state index is -3.18. The van der Waals surface area contributed by atoms with Crippen molar-refractivity contribution < 1.29 is 8.42 Å². The van der Waals surface area contributed by atoms with Crippen LogP contribution in [0.3, 0.4) is 0 Å². The Morgan fingerprint density at radius 1 is 1.04 bits per heavy atom. The van der Waals surface area contributed by atoms with Crippen LogP contribution in [0.1, 0.15) is 75.0 Å². The fourth-order valence-electron chi connectivity index (χ4n) is 5.38. The molecule has 5 nitrogen and oxygen atoms in total. The average Bonchev–Trinajstić information content (AvgIpc) is 2.63. The van der Waals surface area contributed by atoms with Crippen LogP contribution in [0.15, 0.2) is 16.9 Å². The van der Waals surface area contributed by atoms with Crippen molar-refractivity contribution in [2.24, 2.45) is 5.92 Å². The summed E-state index contributed by atoms with van der Waals surface area (Å²) < 4.78 is 29.0. The highest BCUT2D eigenvalue weighted by molar-refractivity contribution is 7.89. The molecule has 2 bridgehead atoms. The van der Waals surface area contributed by atoms with Crippen molar-refractivity contribution in [3.63, 3.8) is 0 Å². The Balaban J connectivity index is 1.72. The van der Waals surface area contributed by atoms with Gasteiger partial charge in [0, 0.05) is 37.3 Å². The molecule has 1 aromatic rings. The summed E-state index contributed by atoms with van der Waals surface area (Å²) in [6.45, 7) is 3.70. The van der Waals surface area contributed by atoms with Crippen molar-refractivity contribution in [1.82, 2.24) is 8.87 Å². The van der Waals surface area contributed by atoms with Gasteiger partial charge in [-0.3, -0.25) is 4.79 Å². The summed E-state index contributed by atoms with van der Waals surface area (Å²) in [5, 5.41) is 0. The highest BCUT2D eigenvalue weighted by atomic mass is 32.2. The lowest BCUT2D eigenvalue weighted by Gasteiger charge is -2.43. The molecule has 0 N–H and O–H groups in total. The molecule has 26 heavy (non-hydrogen) atoms. The van der Waals surface area contributed by atoms with Crippen LogP contribution in [0.2, 0.25) is 0 Å². The van der Waals surface area contributed by atoms with Gasteiger partial charge in [-0.05, 0) is 43.1 Å². The molecule has 2 fully saturated rings. The van der Waals surface area contributed by atoms with E-state index in [1.165, 1.54) is 37.7 Å². The number of pyridine rings is 1. The molecular formula is C20H30N2O3S. The summed E-state index contributed by atoms with van der Waals surface area (Å²) >= 11 is 0. The van der Waals surface area contributed by atoms with E-state index in [-0.39, 0.29) is 23.1 Å². The third kappa shape index (κ3) is 3.26. The average molecular weight is 379 g/mol. The zero-order valence-electron chi connectivity index (χ0n) is 15.7. The Morgan fingerprint density at radius 3 is 2.54 bits per heavy atom. The van der Waals surface area contributed by atoms with Gasteiger partial charge < -0.3 is 4.57 Å². The Bertz CT molecular complexity index is 824. The van der Waals surface area contributed by atoms with Gasteiger partial charge in [-0.1, -0.05) is 32.3 Å². The highest BCUT2D eigenvalue weighted by Gasteiger charge is 2.40. The van der Waals surface area contributed by atoms with E-state index in [4.69, 9.17) is 0 Å². The first-order valence-corrected chi connectivity index (χ1v) is 11.8. The van der Waals surface area contributed by atoms with Gasteiger partial charge in [-0.25, -0.2) is 12.7 Å². The fraction of sp³-hybridized carbons (Fsp3) is 0.750. The highest BCUT2D eigenvalue weighted by Crippen LogP contribution is 2.42. The zero-order valence-corrected chi connectivity index (χ0v) is 16.5. The van der Waals surface area contributed by atoms with E-state index in [1.54, 1.807) is 10.4 Å². The lowest BCUT2D eigenvalue weighted by Crippen LogP contribution is -2.50. The second kappa shape index (κ2) is 7.12. The van der Waals surface area contributed by atoms with Gasteiger partial charge >= 0.3 is 0 Å². The molecule has 2 unspecified atom stereocenters. The monoisotopic (exact) mass is 378 g/mol. The fourth-order valence-corrected chi connectivity index (χ4v) is 7.00. The van der Waals surface area contributed by atoms with Gasteiger partial charge in [-0.15, -0.1) is 0 Å². The van der Waals surface area contributed by atoms with Gasteiger partial charge in [0.25, 0.3) is 5.56 Å². The van der Waals surface area contributed by atoms with Gasteiger partial charge in [0.05, 0.1) is 5.75 Å². The Morgan fingerprint density at radius 2 is 1.81 bits per heavy atom. The predicted molar refractivity (Wildman–Crippen MR) is 103 cm³/mol. The van der Waals surface area contributed by atoms with Crippen molar-refractivity contribution in [2.45, 2.75) is 70.3 Å². The van der Waals surface area contributed by atoms with Crippen LogP contribution in [-0.4, -0.2) is 36.1 Å². The summed E-state index contributed by atoms with van der Waals surface area (Å²) in [6, 6.07) is 3.78. The molecule has 3 heterocycles. The molecular weight excluding hydrogens is 348 g/mol. The van der Waals surface area contributed by atoms with Crippen molar-refractivity contribution >= 4 is 10.0 Å². The maximum absolute atomic E-state index is 12.6. The summed E-state index contributed by atoms with van der Waals surface area (Å²) in [5.41, 5.74) is 2.55. The third-order valence-electron chi connectivity index (χ3n) is 6.49. The van der Waals surface area contributed by atoms with Crippen molar-refractivity contribution in [2.75, 3.05) is 18.8 Å². The first-order valence-electron chi connectivity index (χ1n) is 10.2. The molecule has 0 aromatic carbocycles. The van der Waals surface area contributed by atoms with E-state index >= 15 is 0 Å². The molecule has 4 rings (SSSR count). The van der Waals surface area contributed by atoms with Crippen LogP contribution in [0.25, 0.3) is 0 Å². The second-order valence-corrected chi connectivity index (χ2v) is 10.5. The third-order valence-corrected chi connectivity index (χ3v) is 8.50. The quantitative estimate of drug-likeness (QED) is 0.809. The number of hydrogen-bond acceptors (Lipinski definition) is 3. The van der Waals surface area contributed by atoms with Gasteiger partial charge in [-0.2, -0.15) is 0 Å². The van der Waals surface area contributed by atoms with Gasteiger partial charge in [0.2, 0.25) is 10.0 Å². The van der Waals surface area contributed by atoms with Crippen LogP contribution in [-0.2, 0) is 16.6 Å². The SMILES string of the molecule is CCCS(=O)(=O)N1CC2CC(C1)c1c(C3CCCCC3)ccc(=O)n1C2. The van der Waals surface area contributed by atoms with E-state index in [0.717, 1.165) is 12.1 Å². The van der Waals surface area contributed by atoms with E-state index < -0.39 is 10.0 Å². The van der Waals surface area contributed by atoms with E-state index in [1.807, 2.05) is 17.6 Å². The van der Waals surface area contributed by atoms with Gasteiger partial charge in [0.1, 0.15) is 0 Å². The standard InChI is InChI=1S/C20H30N2O3S/c1-2-10-26(24,25)21-12-15-11-17(14-21)20-18(16-6-4-3-5-7-16)8-9-19(23)22(20)13-15/h8-9,15-17H,2-7,10-14H2,1H3. The minimum absolute atomic E-state index is 0.0825. The topological polar surface area (TPSA) is 59.4 Å². The van der Waals surface area contributed by atoms with E-state index in [0.29, 0.717) is 32.0 Å². The number of fused-ring (bicyclic) bond motifs is 4. The van der Waals surface area contributed by atoms with Crippen molar-refractivity contribution in [1.29, 1.82) is 0 Å². The molecule has 144 valence electrons. The summed E-state index contributed by atoms with van der Waals surface area (Å²) in [7, 11) is -3.18. The first kappa shape index (κ1) is 18.2. The lowest BCUT2D eigenvalue weighted by molar-refractivity contribution is 0.184. The molecule has 1 saturated heterocycles. The Kier molecular flexibility index (Phi) is 4.99. The van der Waals surface area contributed by atoms with Crippen molar-refractivity contribution in [3.05, 3.63) is 33.7 Å². The number of nitrogens with zero attached hydrogens (tertiary/aromatic N) is 2. The molecule has 1 aliphatic carbocycles. The molecule has 1 aromatic heterocycles. The maximum Gasteiger partial charge on any atom is 0.250 e. The summed E-state index contributed by atoms with van der Waals surface area (Å²) in [6.07, 6.45) is 7.87. The molecule has 2 aliphatic heterocycles. The van der Waals surface area contributed by atoms with Crippen LogP contribution in [0.5, 0.6) is 0 Å². The summed E-state index contributed by atoms with van der Waals surface area (Å²) in [5.74, 6) is 1.18. The number of aromatic nitrogens is 1. The van der Waals surface area contributed by atoms with Gasteiger partial charge in [0.15, 0.2) is 0 Å². The zero-order chi connectivity index (χ0) is 18.3. The van der Waals surface area contributed by atoms with Crippen molar-refractivity contribution in [3.8, 4) is 0 Å². The Hall–Kier alpha value is -1.14. The largest absolute Gasteiger partial charge is 0.312 e. The van der Waals surface area contributed by atoms with E-state index in [2.05, 4.69) is 0 Å². The molecule has 6 heteroatoms. The number of hydrogen-bond donors (Lipinski definition) is 0. The predicted octanol–water partition coefficient (Wildman–Crippen LogP) is 3.05. The molecule has 0 radical (unpaired) electrons. The lowest BCUT2D eigenvalue weighted by atomic mass is 9.77. The number of piperidine rings is 1. The molecule has 0 amide bonds. The minimum Gasteiger partial charge on any atom is -0.312 e. The normalized spacial score (nSPS) is 27.3. The Labute approximate surface area is 156 Å². The van der Waals surface area contributed by atoms with Crippen LogP contribution >= 0.6 is 0 Å². The first-order chi connectivity index (χ1) is 12.5. The second-order valence-electron chi connectivity index (χ2n) is 8.39. The molecule has 3 aliphatic rings. The molecule has 1 saturated carbocycles. The maximum atomic E-state index is 12.6. The molecule has 2 atom stereocenters. The summed E-state index contributed by atoms with van der Waals surface area (Å²) in [4.78, 5) is 12.5.